The molecule has 102 valence electrons. The fourth-order valence-electron chi connectivity index (χ4n) is 1.74. The second kappa shape index (κ2) is 6.15. The summed E-state index contributed by atoms with van der Waals surface area (Å²) in [5, 5.41) is 2.86. The molecule has 0 spiro atoms. The third kappa shape index (κ3) is 3.00. The Kier molecular flexibility index (Phi) is 5.10. The van der Waals surface area contributed by atoms with Gasteiger partial charge in [0.2, 0.25) is 10.0 Å². The van der Waals surface area contributed by atoms with Gasteiger partial charge in [0.1, 0.15) is 10.7 Å². The molecule has 6 heteroatoms. The highest BCUT2D eigenvalue weighted by Gasteiger charge is 2.26. The van der Waals surface area contributed by atoms with E-state index in [0.29, 0.717) is 12.4 Å². The van der Waals surface area contributed by atoms with Crippen LogP contribution >= 0.6 is 0 Å². The van der Waals surface area contributed by atoms with Gasteiger partial charge in [0, 0.05) is 25.8 Å². The Morgan fingerprint density at radius 1 is 1.39 bits per heavy atom. The quantitative estimate of drug-likeness (QED) is 0.859. The summed E-state index contributed by atoms with van der Waals surface area (Å²) in [6.07, 6.45) is 2.18. The van der Waals surface area contributed by atoms with Gasteiger partial charge in [-0.05, 0) is 25.5 Å². The number of hydrogen-bond donors (Lipinski definition) is 1. The van der Waals surface area contributed by atoms with Gasteiger partial charge in [-0.15, -0.1) is 0 Å². The molecule has 0 aliphatic heterocycles. The van der Waals surface area contributed by atoms with Crippen molar-refractivity contribution in [1.82, 2.24) is 9.29 Å². The van der Waals surface area contributed by atoms with Crippen molar-refractivity contribution in [2.75, 3.05) is 18.9 Å². The highest BCUT2D eigenvalue weighted by Crippen LogP contribution is 2.19. The van der Waals surface area contributed by atoms with E-state index < -0.39 is 10.0 Å². The Labute approximate surface area is 109 Å². The molecule has 0 fully saturated rings. The van der Waals surface area contributed by atoms with E-state index in [-0.39, 0.29) is 10.9 Å². The average Bonchev–Trinajstić information content (AvgIpc) is 2.39. The zero-order valence-electron chi connectivity index (χ0n) is 11.3. The third-order valence-electron chi connectivity index (χ3n) is 2.99. The van der Waals surface area contributed by atoms with Crippen LogP contribution in [0.25, 0.3) is 0 Å². The van der Waals surface area contributed by atoms with Crippen molar-refractivity contribution in [1.29, 1.82) is 0 Å². The summed E-state index contributed by atoms with van der Waals surface area (Å²) < 4.78 is 26.4. The smallest absolute Gasteiger partial charge is 0.244 e. The van der Waals surface area contributed by atoms with Crippen LogP contribution in [0, 0.1) is 0 Å². The number of anilines is 1. The largest absolute Gasteiger partial charge is 0.373 e. The van der Waals surface area contributed by atoms with Crippen molar-refractivity contribution in [2.24, 2.45) is 0 Å². The molecule has 18 heavy (non-hydrogen) atoms. The predicted molar refractivity (Wildman–Crippen MR) is 73.1 cm³/mol. The maximum atomic E-state index is 12.4. The molecule has 1 rings (SSSR count). The Balaban J connectivity index is 3.10. The Hall–Kier alpha value is -1.14. The van der Waals surface area contributed by atoms with Crippen molar-refractivity contribution < 1.29 is 8.42 Å². The second-order valence-electron chi connectivity index (χ2n) is 4.09. The molecule has 0 bridgehead atoms. The SMILES string of the molecule is CCC(C)N(CC)S(=O)(=O)c1ccc(NC)nc1. The van der Waals surface area contributed by atoms with E-state index in [4.69, 9.17) is 0 Å². The van der Waals surface area contributed by atoms with Crippen LogP contribution in [0.2, 0.25) is 0 Å². The van der Waals surface area contributed by atoms with Crippen molar-refractivity contribution in [2.45, 2.75) is 38.1 Å². The number of pyridine rings is 1. The summed E-state index contributed by atoms with van der Waals surface area (Å²) in [5.74, 6) is 0.653. The van der Waals surface area contributed by atoms with Crippen molar-refractivity contribution in [3.05, 3.63) is 18.3 Å². The van der Waals surface area contributed by atoms with Crippen molar-refractivity contribution in [3.63, 3.8) is 0 Å². The third-order valence-corrected chi connectivity index (χ3v) is 5.07. The average molecular weight is 271 g/mol. The first-order valence-corrected chi connectivity index (χ1v) is 7.57. The van der Waals surface area contributed by atoms with Crippen LogP contribution in [-0.2, 0) is 10.0 Å². The minimum absolute atomic E-state index is 0.0102. The maximum Gasteiger partial charge on any atom is 0.244 e. The zero-order valence-corrected chi connectivity index (χ0v) is 12.2. The molecular weight excluding hydrogens is 250 g/mol. The van der Waals surface area contributed by atoms with E-state index in [1.165, 1.54) is 10.5 Å². The number of sulfonamides is 1. The summed E-state index contributed by atoms with van der Waals surface area (Å²) in [6, 6.07) is 3.24. The van der Waals surface area contributed by atoms with Crippen molar-refractivity contribution in [3.8, 4) is 0 Å². The molecule has 1 unspecified atom stereocenters. The number of rotatable bonds is 6. The highest BCUT2D eigenvalue weighted by molar-refractivity contribution is 7.89. The van der Waals surface area contributed by atoms with Crippen LogP contribution in [0.4, 0.5) is 5.82 Å². The summed E-state index contributed by atoms with van der Waals surface area (Å²) >= 11 is 0. The number of hydrogen-bond acceptors (Lipinski definition) is 4. The molecule has 5 nitrogen and oxygen atoms in total. The van der Waals surface area contributed by atoms with E-state index >= 15 is 0 Å². The molecule has 0 amide bonds. The first-order chi connectivity index (χ1) is 8.47. The molecule has 1 aromatic heterocycles. The van der Waals surface area contributed by atoms with Gasteiger partial charge in [-0.25, -0.2) is 13.4 Å². The van der Waals surface area contributed by atoms with Gasteiger partial charge < -0.3 is 5.32 Å². The number of nitrogens with one attached hydrogen (secondary N) is 1. The Morgan fingerprint density at radius 3 is 2.44 bits per heavy atom. The molecule has 1 aromatic rings. The normalized spacial score (nSPS) is 13.6. The molecule has 0 saturated carbocycles. The molecule has 0 aliphatic rings. The van der Waals surface area contributed by atoms with Crippen LogP contribution in [-0.4, -0.2) is 37.3 Å². The standard InChI is InChI=1S/C12H21N3O2S/c1-5-10(3)15(6-2)18(16,17)11-7-8-12(13-4)14-9-11/h7-10H,5-6H2,1-4H3,(H,13,14). The lowest BCUT2D eigenvalue weighted by atomic mass is 10.3. The van der Waals surface area contributed by atoms with Gasteiger partial charge in [-0.1, -0.05) is 13.8 Å². The minimum Gasteiger partial charge on any atom is -0.373 e. The Morgan fingerprint density at radius 2 is 2.06 bits per heavy atom. The van der Waals surface area contributed by atoms with E-state index in [1.54, 1.807) is 19.2 Å². The van der Waals surface area contributed by atoms with E-state index in [0.717, 1.165) is 6.42 Å². The second-order valence-corrected chi connectivity index (χ2v) is 5.99. The summed E-state index contributed by atoms with van der Waals surface area (Å²) in [6.45, 7) is 6.20. The van der Waals surface area contributed by atoms with E-state index in [1.807, 2.05) is 20.8 Å². The van der Waals surface area contributed by atoms with Gasteiger partial charge in [-0.2, -0.15) is 4.31 Å². The molecular formula is C12H21N3O2S. The fraction of sp³-hybridized carbons (Fsp3) is 0.583. The predicted octanol–water partition coefficient (Wildman–Crippen LogP) is 1.93. The van der Waals surface area contributed by atoms with Gasteiger partial charge in [0.25, 0.3) is 0 Å². The van der Waals surface area contributed by atoms with Crippen molar-refractivity contribution >= 4 is 15.8 Å². The van der Waals surface area contributed by atoms with Crippen LogP contribution in [0.15, 0.2) is 23.2 Å². The lowest BCUT2D eigenvalue weighted by molar-refractivity contribution is 0.342. The van der Waals surface area contributed by atoms with Crippen LogP contribution in [0.3, 0.4) is 0 Å². The molecule has 0 aliphatic carbocycles. The lowest BCUT2D eigenvalue weighted by Gasteiger charge is -2.26. The summed E-state index contributed by atoms with van der Waals surface area (Å²) in [4.78, 5) is 4.29. The van der Waals surface area contributed by atoms with Crippen LogP contribution < -0.4 is 5.32 Å². The number of nitrogens with zero attached hydrogens (tertiary/aromatic N) is 2. The topological polar surface area (TPSA) is 62.3 Å². The summed E-state index contributed by atoms with van der Waals surface area (Å²) in [5.41, 5.74) is 0. The monoisotopic (exact) mass is 271 g/mol. The maximum absolute atomic E-state index is 12.4. The van der Waals surface area contributed by atoms with Crippen LogP contribution in [0.1, 0.15) is 27.2 Å². The Bertz CT molecular complexity index is 471. The molecule has 0 radical (unpaired) electrons. The molecule has 0 aromatic carbocycles. The van der Waals surface area contributed by atoms with Gasteiger partial charge in [0.05, 0.1) is 0 Å². The molecule has 1 N–H and O–H groups in total. The zero-order chi connectivity index (χ0) is 13.8. The molecule has 0 saturated heterocycles. The summed E-state index contributed by atoms with van der Waals surface area (Å²) in [7, 11) is -1.70. The number of aromatic nitrogens is 1. The van der Waals surface area contributed by atoms with Gasteiger partial charge in [0.15, 0.2) is 0 Å². The lowest BCUT2D eigenvalue weighted by Crippen LogP contribution is -2.38. The van der Waals surface area contributed by atoms with Gasteiger partial charge >= 0.3 is 0 Å². The fourth-order valence-corrected chi connectivity index (χ4v) is 3.40. The van der Waals surface area contributed by atoms with Gasteiger partial charge in [-0.3, -0.25) is 0 Å². The molecule has 1 heterocycles. The van der Waals surface area contributed by atoms with E-state index in [9.17, 15) is 8.42 Å². The first kappa shape index (κ1) is 14.9. The first-order valence-electron chi connectivity index (χ1n) is 6.13. The minimum atomic E-state index is -3.44. The highest BCUT2D eigenvalue weighted by atomic mass is 32.2. The van der Waals surface area contributed by atoms with Crippen LogP contribution in [0.5, 0.6) is 0 Å². The molecule has 1 atom stereocenters. The van der Waals surface area contributed by atoms with E-state index in [2.05, 4.69) is 10.3 Å².